The molecule has 0 saturated heterocycles. The Morgan fingerprint density at radius 1 is 0.422 bits per heavy atom. The number of furan rings is 1. The van der Waals surface area contributed by atoms with Gasteiger partial charge in [-0.25, -0.2) is 0 Å². The van der Waals surface area contributed by atoms with E-state index < -0.39 is 0 Å². The molecule has 1 aromatic heterocycles. The van der Waals surface area contributed by atoms with E-state index in [0.29, 0.717) is 0 Å². The molecule has 424 valence electrons. The zero-order valence-corrected chi connectivity index (χ0v) is 53.4. The molecule has 0 radical (unpaired) electrons. The van der Waals surface area contributed by atoms with Crippen LogP contribution in [0.4, 0.5) is 51.2 Å². The SMILES string of the molecule is Cc1cc(C(C)(C)C)ccc1N(c1ccc2c(c1)N(c1cccc3c1oc1ccccc13)c1cc(C(C)(C)C)cc3c1B2c1cc2c(cc1N3c1ccc3c(c1)C(C)(C)CCC3(C)C)C(C)(C)CCC2(C)C)c1ccc(C(C)(C)C)cc1C. The number of benzene rings is 8. The molecule has 5 heteroatoms. The fourth-order valence-electron chi connectivity index (χ4n) is 14.9. The Morgan fingerprint density at radius 2 is 0.940 bits per heavy atom. The van der Waals surface area contributed by atoms with E-state index >= 15 is 0 Å². The monoisotopic (exact) mass is 1090 g/mol. The van der Waals surface area contributed by atoms with Gasteiger partial charge in [0, 0.05) is 56.3 Å². The molecule has 83 heavy (non-hydrogen) atoms. The highest BCUT2D eigenvalue weighted by molar-refractivity contribution is 7.00. The smallest absolute Gasteiger partial charge is 0.252 e. The number of anilines is 9. The molecule has 2 aliphatic heterocycles. The number of hydrogen-bond acceptors (Lipinski definition) is 4. The van der Waals surface area contributed by atoms with Gasteiger partial charge in [0.1, 0.15) is 5.58 Å². The Bertz CT molecular complexity index is 4100. The summed E-state index contributed by atoms with van der Waals surface area (Å²) >= 11 is 0. The van der Waals surface area contributed by atoms with Crippen LogP contribution in [0, 0.1) is 13.8 Å². The van der Waals surface area contributed by atoms with Crippen molar-refractivity contribution in [3.05, 3.63) is 190 Å². The van der Waals surface area contributed by atoms with Crippen LogP contribution in [0.1, 0.15) is 193 Å². The van der Waals surface area contributed by atoms with E-state index in [1.54, 1.807) is 0 Å². The quantitative estimate of drug-likeness (QED) is 0.160. The van der Waals surface area contributed by atoms with Gasteiger partial charge in [-0.05, 0) is 211 Å². The molecule has 0 unspecified atom stereocenters. The molecule has 0 saturated carbocycles. The zero-order chi connectivity index (χ0) is 59.0. The van der Waals surface area contributed by atoms with Crippen LogP contribution in [0.15, 0.2) is 144 Å². The van der Waals surface area contributed by atoms with E-state index in [1.165, 1.54) is 107 Å². The lowest BCUT2D eigenvalue weighted by molar-refractivity contribution is 0.332. The summed E-state index contributed by atoms with van der Waals surface area (Å²) in [7, 11) is 0. The van der Waals surface area contributed by atoms with Gasteiger partial charge in [-0.3, -0.25) is 0 Å². The highest BCUT2D eigenvalue weighted by atomic mass is 16.3. The third kappa shape index (κ3) is 8.73. The van der Waals surface area contributed by atoms with E-state index in [-0.39, 0.29) is 44.6 Å². The van der Waals surface area contributed by atoms with Gasteiger partial charge in [-0.1, -0.05) is 190 Å². The Morgan fingerprint density at radius 3 is 1.52 bits per heavy atom. The minimum atomic E-state index is -0.194. The van der Waals surface area contributed by atoms with Crippen molar-refractivity contribution in [1.82, 2.24) is 0 Å². The average molecular weight is 1090 g/mol. The first-order valence-electron chi connectivity index (χ1n) is 31.0. The van der Waals surface area contributed by atoms with Gasteiger partial charge in [0.2, 0.25) is 0 Å². The van der Waals surface area contributed by atoms with Gasteiger partial charge < -0.3 is 19.1 Å². The summed E-state index contributed by atoms with van der Waals surface area (Å²) in [5.74, 6) is 0. The molecule has 0 N–H and O–H groups in total. The van der Waals surface area contributed by atoms with Crippen molar-refractivity contribution in [2.75, 3.05) is 14.7 Å². The lowest BCUT2D eigenvalue weighted by atomic mass is 9.33. The molecular weight excluding hydrogens is 1010 g/mol. The van der Waals surface area contributed by atoms with Crippen LogP contribution in [-0.2, 0) is 37.9 Å². The van der Waals surface area contributed by atoms with Gasteiger partial charge in [0.15, 0.2) is 5.58 Å². The van der Waals surface area contributed by atoms with Crippen LogP contribution in [0.5, 0.6) is 0 Å². The topological polar surface area (TPSA) is 22.9 Å². The normalized spacial score (nSPS) is 17.5. The van der Waals surface area contributed by atoms with Gasteiger partial charge in [0.05, 0.1) is 5.69 Å². The molecule has 0 spiro atoms. The third-order valence-electron chi connectivity index (χ3n) is 20.5. The van der Waals surface area contributed by atoms with Crippen molar-refractivity contribution < 1.29 is 4.42 Å². The van der Waals surface area contributed by atoms with Gasteiger partial charge in [-0.15, -0.1) is 0 Å². The lowest BCUT2D eigenvalue weighted by Crippen LogP contribution is -2.62. The standard InChI is InChI=1S/C78H88BN3O/c1-47-39-49(72(3,4)5)27-33-62(47)80(63-34-28-50(40-48(63)2)73(6,7)8)53-30-32-60-65(44-53)82(64-25-22-24-55-54-23-20-21-26-69(54)83-71(55)64)68-42-51(74(9,10)11)41-67-70(68)79(60)61-45-58-59(78(18,19)38-37-77(58,16)17)46-66(61)81(67)52-29-31-56-57(43-52)76(14,15)36-35-75(56,12)13/h20-34,39-46H,35-38H2,1-19H3. The summed E-state index contributed by atoms with van der Waals surface area (Å²) in [6.45, 7) is 45.4. The molecule has 9 aromatic rings. The molecule has 13 rings (SSSR count). The second kappa shape index (κ2) is 18.3. The second-order valence-corrected chi connectivity index (χ2v) is 31.3. The minimum Gasteiger partial charge on any atom is -0.454 e. The summed E-state index contributed by atoms with van der Waals surface area (Å²) in [6, 6.07) is 55.2. The molecule has 2 aliphatic carbocycles. The first-order valence-corrected chi connectivity index (χ1v) is 31.0. The van der Waals surface area contributed by atoms with Gasteiger partial charge in [0.25, 0.3) is 6.71 Å². The highest BCUT2D eigenvalue weighted by Gasteiger charge is 2.48. The summed E-state index contributed by atoms with van der Waals surface area (Å²) in [5, 5.41) is 2.25. The van der Waals surface area contributed by atoms with E-state index in [2.05, 4.69) is 286 Å². The molecule has 4 aliphatic rings. The van der Waals surface area contributed by atoms with Crippen LogP contribution in [0.3, 0.4) is 0 Å². The molecule has 8 aromatic carbocycles. The van der Waals surface area contributed by atoms with Crippen molar-refractivity contribution in [1.29, 1.82) is 0 Å². The molecule has 0 fully saturated rings. The van der Waals surface area contributed by atoms with E-state index in [0.717, 1.165) is 58.3 Å². The van der Waals surface area contributed by atoms with Crippen molar-refractivity contribution >= 4 is 96.2 Å². The highest BCUT2D eigenvalue weighted by Crippen LogP contribution is 2.55. The van der Waals surface area contributed by atoms with E-state index in [1.807, 2.05) is 0 Å². The maximum Gasteiger partial charge on any atom is 0.252 e. The number of rotatable bonds is 5. The summed E-state index contributed by atoms with van der Waals surface area (Å²) in [6.07, 6.45) is 4.62. The molecule has 0 atom stereocenters. The number of hydrogen-bond donors (Lipinski definition) is 0. The van der Waals surface area contributed by atoms with Crippen molar-refractivity contribution in [2.24, 2.45) is 0 Å². The zero-order valence-electron chi connectivity index (χ0n) is 53.4. The predicted octanol–water partition coefficient (Wildman–Crippen LogP) is 20.3. The van der Waals surface area contributed by atoms with Gasteiger partial charge in [-0.2, -0.15) is 0 Å². The Balaban J connectivity index is 1.16. The minimum absolute atomic E-state index is 0.00301. The van der Waals surface area contributed by atoms with E-state index in [9.17, 15) is 0 Å². The maximum atomic E-state index is 7.16. The van der Waals surface area contributed by atoms with Crippen molar-refractivity contribution in [2.45, 2.75) is 195 Å². The number of para-hydroxylation sites is 2. The van der Waals surface area contributed by atoms with Gasteiger partial charge >= 0.3 is 0 Å². The second-order valence-electron chi connectivity index (χ2n) is 31.3. The summed E-state index contributed by atoms with van der Waals surface area (Å²) in [4.78, 5) is 7.88. The number of fused-ring (bicyclic) bond motifs is 9. The largest absolute Gasteiger partial charge is 0.454 e. The van der Waals surface area contributed by atoms with E-state index in [4.69, 9.17) is 4.42 Å². The molecule has 3 heterocycles. The Labute approximate surface area is 497 Å². The van der Waals surface area contributed by atoms with Crippen LogP contribution in [-0.4, -0.2) is 6.71 Å². The molecule has 4 nitrogen and oxygen atoms in total. The Kier molecular flexibility index (Phi) is 12.2. The first-order chi connectivity index (χ1) is 38.8. The maximum absolute atomic E-state index is 7.16. The number of aryl methyl sites for hydroxylation is 2. The third-order valence-corrected chi connectivity index (χ3v) is 20.5. The Hall–Kier alpha value is -6.98. The molecular formula is C78H88BN3O. The van der Waals surface area contributed by atoms with Crippen molar-refractivity contribution in [3.63, 3.8) is 0 Å². The average Bonchev–Trinajstić information content (AvgIpc) is 0.967. The van der Waals surface area contributed by atoms with Crippen LogP contribution >= 0.6 is 0 Å². The number of nitrogens with zero attached hydrogens (tertiary/aromatic N) is 3. The van der Waals surface area contributed by atoms with Crippen LogP contribution < -0.4 is 31.1 Å². The summed E-state index contributed by atoms with van der Waals surface area (Å²) < 4.78 is 7.16. The lowest BCUT2D eigenvalue weighted by Gasteiger charge is -2.48. The molecule has 0 bridgehead atoms. The van der Waals surface area contributed by atoms with Crippen LogP contribution in [0.25, 0.3) is 21.9 Å². The summed E-state index contributed by atoms with van der Waals surface area (Å²) in [5.41, 5.74) is 28.8. The predicted molar refractivity (Wildman–Crippen MR) is 359 cm³/mol. The fourth-order valence-corrected chi connectivity index (χ4v) is 14.9. The van der Waals surface area contributed by atoms with Crippen LogP contribution in [0.2, 0.25) is 0 Å². The first kappa shape index (κ1) is 55.2. The fraction of sp³-hybridized carbons (Fsp3) is 0.385. The molecule has 0 amide bonds. The van der Waals surface area contributed by atoms with Crippen molar-refractivity contribution in [3.8, 4) is 0 Å².